The molecule has 0 aliphatic heterocycles. The normalized spacial score (nSPS) is 10.6. The number of aromatic nitrogens is 2. The number of carbonyl (C=O) groups excluding carboxylic acids is 1. The molecule has 1 heterocycles. The molecule has 24 heavy (non-hydrogen) atoms. The van der Waals surface area contributed by atoms with Gasteiger partial charge in [0.1, 0.15) is 0 Å². The van der Waals surface area contributed by atoms with E-state index in [2.05, 4.69) is 36.4 Å². The van der Waals surface area contributed by atoms with Crippen molar-refractivity contribution in [2.24, 2.45) is 5.10 Å². The van der Waals surface area contributed by atoms with Crippen LogP contribution < -0.4 is 14.9 Å². The minimum atomic E-state index is -0.247. The zero-order valence-electron chi connectivity index (χ0n) is 13.0. The van der Waals surface area contributed by atoms with Crippen molar-refractivity contribution in [2.75, 3.05) is 20.0 Å². The molecule has 0 radical (unpaired) electrons. The number of amides is 1. The summed E-state index contributed by atoms with van der Waals surface area (Å²) in [5.41, 5.74) is 3.20. The number of hydrogen-bond acceptors (Lipinski definition) is 7. The zero-order chi connectivity index (χ0) is 17.4. The number of ether oxygens (including phenoxy) is 2. The molecule has 9 heteroatoms. The minimum Gasteiger partial charge on any atom is -0.493 e. The number of benzene rings is 1. The molecule has 0 aliphatic carbocycles. The SMILES string of the molecule is COc1cc(C=NNC(=O)CSc2ncccn2)cc(Br)c1OC. The molecule has 0 fully saturated rings. The van der Waals surface area contributed by atoms with Gasteiger partial charge >= 0.3 is 0 Å². The van der Waals surface area contributed by atoms with Crippen molar-refractivity contribution >= 4 is 39.8 Å². The van der Waals surface area contributed by atoms with Crippen molar-refractivity contribution in [1.29, 1.82) is 0 Å². The van der Waals surface area contributed by atoms with E-state index < -0.39 is 0 Å². The van der Waals surface area contributed by atoms with Gasteiger partial charge in [0, 0.05) is 12.4 Å². The Kier molecular flexibility index (Phi) is 7.01. The Labute approximate surface area is 152 Å². The van der Waals surface area contributed by atoms with Crippen LogP contribution in [-0.4, -0.2) is 42.1 Å². The van der Waals surface area contributed by atoms with Gasteiger partial charge in [0.15, 0.2) is 16.7 Å². The monoisotopic (exact) mass is 410 g/mol. The Morgan fingerprint density at radius 3 is 2.75 bits per heavy atom. The summed E-state index contributed by atoms with van der Waals surface area (Å²) in [5, 5.41) is 4.47. The lowest BCUT2D eigenvalue weighted by atomic mass is 10.2. The third-order valence-electron chi connectivity index (χ3n) is 2.73. The van der Waals surface area contributed by atoms with Gasteiger partial charge in [0.25, 0.3) is 5.91 Å². The fraction of sp³-hybridized carbons (Fsp3) is 0.200. The highest BCUT2D eigenvalue weighted by atomic mass is 79.9. The van der Waals surface area contributed by atoms with Gasteiger partial charge in [-0.1, -0.05) is 11.8 Å². The molecule has 1 amide bonds. The first kappa shape index (κ1) is 18.2. The molecule has 0 atom stereocenters. The molecule has 0 unspecified atom stereocenters. The second kappa shape index (κ2) is 9.24. The Bertz CT molecular complexity index is 728. The van der Waals surface area contributed by atoms with Gasteiger partial charge in [-0.2, -0.15) is 5.10 Å². The fourth-order valence-corrected chi connectivity index (χ4v) is 2.93. The maximum absolute atomic E-state index is 11.7. The third-order valence-corrected chi connectivity index (χ3v) is 4.20. The number of rotatable bonds is 7. The average molecular weight is 411 g/mol. The van der Waals surface area contributed by atoms with E-state index in [1.54, 1.807) is 38.7 Å². The maximum atomic E-state index is 11.7. The van der Waals surface area contributed by atoms with E-state index in [1.807, 2.05) is 6.07 Å². The third kappa shape index (κ3) is 5.20. The lowest BCUT2D eigenvalue weighted by Gasteiger charge is -2.10. The predicted molar refractivity (Wildman–Crippen MR) is 95.7 cm³/mol. The average Bonchev–Trinajstić information content (AvgIpc) is 2.60. The summed E-state index contributed by atoms with van der Waals surface area (Å²) in [6.45, 7) is 0. The number of halogens is 1. The molecule has 0 saturated carbocycles. The molecule has 2 aromatic rings. The molecule has 1 aromatic heterocycles. The van der Waals surface area contributed by atoms with E-state index >= 15 is 0 Å². The van der Waals surface area contributed by atoms with Crippen molar-refractivity contribution in [1.82, 2.24) is 15.4 Å². The first-order chi connectivity index (χ1) is 11.6. The standard InChI is InChI=1S/C15H15BrN4O3S/c1-22-12-7-10(6-11(16)14(12)23-2)8-19-20-13(21)9-24-15-17-4-3-5-18-15/h3-8H,9H2,1-2H3,(H,20,21). The topological polar surface area (TPSA) is 85.7 Å². The summed E-state index contributed by atoms with van der Waals surface area (Å²) in [4.78, 5) is 19.8. The highest BCUT2D eigenvalue weighted by Gasteiger charge is 2.09. The van der Waals surface area contributed by atoms with Crippen LogP contribution in [0.5, 0.6) is 11.5 Å². The maximum Gasteiger partial charge on any atom is 0.250 e. The second-order valence-corrected chi connectivity index (χ2v) is 6.15. The van der Waals surface area contributed by atoms with E-state index in [4.69, 9.17) is 9.47 Å². The van der Waals surface area contributed by atoms with Crippen molar-refractivity contribution in [3.63, 3.8) is 0 Å². The largest absolute Gasteiger partial charge is 0.493 e. The van der Waals surface area contributed by atoms with Crippen LogP contribution in [-0.2, 0) is 4.79 Å². The molecule has 0 bridgehead atoms. The van der Waals surface area contributed by atoms with Crippen LogP contribution in [0.1, 0.15) is 5.56 Å². The van der Waals surface area contributed by atoms with E-state index in [0.717, 1.165) is 10.0 Å². The van der Waals surface area contributed by atoms with E-state index in [-0.39, 0.29) is 11.7 Å². The lowest BCUT2D eigenvalue weighted by Crippen LogP contribution is -2.19. The van der Waals surface area contributed by atoms with Crippen LogP contribution in [0.25, 0.3) is 0 Å². The van der Waals surface area contributed by atoms with Crippen LogP contribution in [0.2, 0.25) is 0 Å². The van der Waals surface area contributed by atoms with E-state index in [9.17, 15) is 4.79 Å². The van der Waals surface area contributed by atoms with Gasteiger partial charge in [0.2, 0.25) is 0 Å². The Hall–Kier alpha value is -2.13. The molecular weight excluding hydrogens is 396 g/mol. The number of methoxy groups -OCH3 is 2. The number of nitrogens with one attached hydrogen (secondary N) is 1. The van der Waals surface area contributed by atoms with Crippen LogP contribution in [0.3, 0.4) is 0 Å². The van der Waals surface area contributed by atoms with E-state index in [1.165, 1.54) is 18.0 Å². The molecule has 7 nitrogen and oxygen atoms in total. The van der Waals surface area contributed by atoms with Crippen LogP contribution in [0.15, 0.2) is 45.3 Å². The highest BCUT2D eigenvalue weighted by Crippen LogP contribution is 2.35. The van der Waals surface area contributed by atoms with Gasteiger partial charge in [-0.3, -0.25) is 4.79 Å². The number of carbonyl (C=O) groups is 1. The van der Waals surface area contributed by atoms with Gasteiger partial charge in [-0.25, -0.2) is 15.4 Å². The van der Waals surface area contributed by atoms with Crippen molar-refractivity contribution in [2.45, 2.75) is 5.16 Å². The molecule has 126 valence electrons. The van der Waals surface area contributed by atoms with Crippen LogP contribution in [0.4, 0.5) is 0 Å². The number of hydrazone groups is 1. The smallest absolute Gasteiger partial charge is 0.250 e. The summed E-state index contributed by atoms with van der Waals surface area (Å²) in [6.07, 6.45) is 4.77. The minimum absolute atomic E-state index is 0.178. The number of thioether (sulfide) groups is 1. The Balaban J connectivity index is 1.91. The van der Waals surface area contributed by atoms with Crippen molar-refractivity contribution in [3.8, 4) is 11.5 Å². The Morgan fingerprint density at radius 1 is 1.33 bits per heavy atom. The molecule has 1 aromatic carbocycles. The molecule has 2 rings (SSSR count). The predicted octanol–water partition coefficient (Wildman–Crippen LogP) is 2.50. The van der Waals surface area contributed by atoms with Gasteiger partial charge in [-0.05, 0) is 39.7 Å². The fourth-order valence-electron chi connectivity index (χ4n) is 1.71. The van der Waals surface area contributed by atoms with Gasteiger partial charge in [0.05, 0.1) is 30.7 Å². The molecule has 1 N–H and O–H groups in total. The first-order valence-electron chi connectivity index (χ1n) is 6.77. The summed E-state index contributed by atoms with van der Waals surface area (Å²) in [7, 11) is 3.11. The molecule has 0 spiro atoms. The second-order valence-electron chi connectivity index (χ2n) is 4.35. The zero-order valence-corrected chi connectivity index (χ0v) is 15.4. The summed E-state index contributed by atoms with van der Waals surface area (Å²) >= 11 is 4.64. The van der Waals surface area contributed by atoms with E-state index in [0.29, 0.717) is 16.7 Å². The molecule has 0 aliphatic rings. The van der Waals surface area contributed by atoms with Gasteiger partial charge in [-0.15, -0.1) is 0 Å². The van der Waals surface area contributed by atoms with Crippen LogP contribution >= 0.6 is 27.7 Å². The number of nitrogens with zero attached hydrogens (tertiary/aromatic N) is 3. The Morgan fingerprint density at radius 2 is 2.08 bits per heavy atom. The summed E-state index contributed by atoms with van der Waals surface area (Å²) in [5.74, 6) is 1.09. The number of hydrogen-bond donors (Lipinski definition) is 1. The summed E-state index contributed by atoms with van der Waals surface area (Å²) in [6, 6.07) is 5.28. The first-order valence-corrected chi connectivity index (χ1v) is 8.55. The van der Waals surface area contributed by atoms with Crippen LogP contribution in [0, 0.1) is 0 Å². The van der Waals surface area contributed by atoms with Gasteiger partial charge < -0.3 is 9.47 Å². The lowest BCUT2D eigenvalue weighted by molar-refractivity contribution is -0.118. The van der Waals surface area contributed by atoms with Crippen molar-refractivity contribution < 1.29 is 14.3 Å². The highest BCUT2D eigenvalue weighted by molar-refractivity contribution is 9.10. The van der Waals surface area contributed by atoms with Crippen molar-refractivity contribution in [3.05, 3.63) is 40.6 Å². The quantitative estimate of drug-likeness (QED) is 0.326. The summed E-state index contributed by atoms with van der Waals surface area (Å²) < 4.78 is 11.2. The molecular formula is C15H15BrN4O3S. The molecule has 0 saturated heterocycles.